The number of allylic oxidation sites excluding steroid dienone is 1. The van der Waals surface area contributed by atoms with Crippen LogP contribution in [0, 0.1) is 0 Å². The van der Waals surface area contributed by atoms with E-state index in [4.69, 9.17) is 0 Å². The Morgan fingerprint density at radius 3 is 1.89 bits per heavy atom. The van der Waals surface area contributed by atoms with Gasteiger partial charge in [-0.1, -0.05) is 90.2 Å². The maximum Gasteiger partial charge on any atom is 0.0720 e. The predicted molar refractivity (Wildman–Crippen MR) is 86.5 cm³/mol. The average Bonchev–Trinajstić information content (AvgIpc) is 2.41. The molecule has 0 aromatic carbocycles. The number of rotatable bonds is 14. The lowest BCUT2D eigenvalue weighted by Gasteiger charge is -2.05. The fourth-order valence-electron chi connectivity index (χ4n) is 2.35. The molecule has 1 unspecified atom stereocenters. The van der Waals surface area contributed by atoms with Crippen LogP contribution in [-0.2, 0) is 0 Å². The summed E-state index contributed by atoms with van der Waals surface area (Å²) in [7, 11) is 0. The second-order valence-electron chi connectivity index (χ2n) is 5.75. The van der Waals surface area contributed by atoms with Crippen molar-refractivity contribution >= 4 is 0 Å². The van der Waals surface area contributed by atoms with Gasteiger partial charge in [0.1, 0.15) is 0 Å². The monoisotopic (exact) mass is 268 g/mol. The predicted octanol–water partition coefficient (Wildman–Crippen LogP) is 6.01. The van der Waals surface area contributed by atoms with Crippen molar-refractivity contribution < 1.29 is 5.11 Å². The summed E-state index contributed by atoms with van der Waals surface area (Å²) in [5, 5.41) is 9.79. The van der Waals surface area contributed by atoms with E-state index in [9.17, 15) is 5.11 Å². The third-order valence-electron chi connectivity index (χ3n) is 3.69. The summed E-state index contributed by atoms with van der Waals surface area (Å²) in [5.74, 6) is 0. The van der Waals surface area contributed by atoms with E-state index in [-0.39, 0.29) is 6.10 Å². The highest BCUT2D eigenvalue weighted by Crippen LogP contribution is 2.11. The molecule has 19 heavy (non-hydrogen) atoms. The Bertz CT molecular complexity index is 186. The van der Waals surface area contributed by atoms with Crippen molar-refractivity contribution in [2.24, 2.45) is 0 Å². The Kier molecular flexibility index (Phi) is 15.5. The first-order valence-electron chi connectivity index (χ1n) is 8.66. The van der Waals surface area contributed by atoms with Gasteiger partial charge in [0.25, 0.3) is 0 Å². The van der Waals surface area contributed by atoms with E-state index in [0.717, 1.165) is 12.8 Å². The molecule has 1 heteroatoms. The van der Waals surface area contributed by atoms with Crippen LogP contribution in [0.3, 0.4) is 0 Å². The minimum Gasteiger partial charge on any atom is -0.389 e. The zero-order chi connectivity index (χ0) is 14.2. The second-order valence-corrected chi connectivity index (χ2v) is 5.75. The summed E-state index contributed by atoms with van der Waals surface area (Å²) >= 11 is 0. The lowest BCUT2D eigenvalue weighted by molar-refractivity contribution is 0.207. The molecule has 1 nitrogen and oxygen atoms in total. The van der Waals surface area contributed by atoms with Gasteiger partial charge < -0.3 is 5.11 Å². The van der Waals surface area contributed by atoms with E-state index >= 15 is 0 Å². The third kappa shape index (κ3) is 15.6. The topological polar surface area (TPSA) is 20.2 Å². The molecule has 0 heterocycles. The maximum atomic E-state index is 9.79. The van der Waals surface area contributed by atoms with Crippen LogP contribution in [0.25, 0.3) is 0 Å². The molecule has 1 N–H and O–H groups in total. The molecule has 0 fully saturated rings. The van der Waals surface area contributed by atoms with Crippen molar-refractivity contribution in [1.82, 2.24) is 0 Å². The minimum atomic E-state index is -0.207. The first-order valence-corrected chi connectivity index (χ1v) is 8.66. The van der Waals surface area contributed by atoms with Crippen LogP contribution in [0.1, 0.15) is 97.3 Å². The Balaban J connectivity index is 3.21. The maximum absolute atomic E-state index is 9.79. The summed E-state index contributed by atoms with van der Waals surface area (Å²) in [6, 6.07) is 0. The summed E-state index contributed by atoms with van der Waals surface area (Å²) in [6.07, 6.45) is 20.6. The van der Waals surface area contributed by atoms with Crippen LogP contribution in [0.5, 0.6) is 0 Å². The van der Waals surface area contributed by atoms with E-state index in [1.807, 2.05) is 6.08 Å². The van der Waals surface area contributed by atoms with Crippen LogP contribution < -0.4 is 0 Å². The molecule has 0 aliphatic heterocycles. The van der Waals surface area contributed by atoms with Crippen molar-refractivity contribution in [3.63, 3.8) is 0 Å². The van der Waals surface area contributed by atoms with Gasteiger partial charge in [0.2, 0.25) is 0 Å². The summed E-state index contributed by atoms with van der Waals surface area (Å²) in [5.41, 5.74) is 0. The van der Waals surface area contributed by atoms with Gasteiger partial charge in [0.05, 0.1) is 6.10 Å². The third-order valence-corrected chi connectivity index (χ3v) is 3.69. The molecule has 0 aromatic heterocycles. The van der Waals surface area contributed by atoms with Crippen LogP contribution in [-0.4, -0.2) is 11.2 Å². The largest absolute Gasteiger partial charge is 0.389 e. The lowest BCUT2D eigenvalue weighted by Crippen LogP contribution is -2.01. The van der Waals surface area contributed by atoms with Gasteiger partial charge >= 0.3 is 0 Å². The van der Waals surface area contributed by atoms with E-state index in [0.29, 0.717) is 0 Å². The minimum absolute atomic E-state index is 0.207. The van der Waals surface area contributed by atoms with E-state index < -0.39 is 0 Å². The number of hydrogen-bond acceptors (Lipinski definition) is 1. The molecule has 0 amide bonds. The molecule has 0 aliphatic rings. The molecule has 0 bridgehead atoms. The Hall–Kier alpha value is -0.300. The van der Waals surface area contributed by atoms with Crippen molar-refractivity contribution in [1.29, 1.82) is 0 Å². The number of unbranched alkanes of at least 4 members (excludes halogenated alkanes) is 10. The van der Waals surface area contributed by atoms with E-state index in [1.165, 1.54) is 70.6 Å². The zero-order valence-electron chi connectivity index (χ0n) is 13.4. The Morgan fingerprint density at radius 2 is 1.26 bits per heavy atom. The number of aliphatic hydroxyl groups is 1. The molecule has 0 aromatic rings. The van der Waals surface area contributed by atoms with Crippen LogP contribution >= 0.6 is 0 Å². The molecule has 1 atom stereocenters. The van der Waals surface area contributed by atoms with Crippen LogP contribution in [0.15, 0.2) is 12.2 Å². The number of aliphatic hydroxyl groups excluding tert-OH is 1. The fraction of sp³-hybridized carbons (Fsp3) is 0.889. The molecular weight excluding hydrogens is 232 g/mol. The quantitative estimate of drug-likeness (QED) is 0.302. The Morgan fingerprint density at radius 1 is 0.737 bits per heavy atom. The molecule has 0 rings (SSSR count). The molecular formula is C18H36O. The summed E-state index contributed by atoms with van der Waals surface area (Å²) in [4.78, 5) is 0. The van der Waals surface area contributed by atoms with Gasteiger partial charge in [-0.3, -0.25) is 0 Å². The molecule has 0 saturated carbocycles. The molecule has 0 saturated heterocycles. The highest BCUT2D eigenvalue weighted by atomic mass is 16.3. The first kappa shape index (κ1) is 18.7. The van der Waals surface area contributed by atoms with E-state index in [2.05, 4.69) is 19.9 Å². The molecule has 0 aliphatic carbocycles. The first-order chi connectivity index (χ1) is 9.31. The van der Waals surface area contributed by atoms with Crippen LogP contribution in [0.4, 0.5) is 0 Å². The van der Waals surface area contributed by atoms with Crippen molar-refractivity contribution in [3.8, 4) is 0 Å². The molecule has 0 spiro atoms. The highest BCUT2D eigenvalue weighted by Gasteiger charge is 1.98. The fourth-order valence-corrected chi connectivity index (χ4v) is 2.35. The smallest absolute Gasteiger partial charge is 0.0720 e. The Labute approximate surface area is 121 Å². The van der Waals surface area contributed by atoms with Gasteiger partial charge in [-0.15, -0.1) is 0 Å². The van der Waals surface area contributed by atoms with Crippen molar-refractivity contribution in [2.75, 3.05) is 0 Å². The van der Waals surface area contributed by atoms with Gasteiger partial charge in [0, 0.05) is 0 Å². The van der Waals surface area contributed by atoms with Gasteiger partial charge in [-0.25, -0.2) is 0 Å². The van der Waals surface area contributed by atoms with E-state index in [1.54, 1.807) is 0 Å². The lowest BCUT2D eigenvalue weighted by atomic mass is 10.1. The van der Waals surface area contributed by atoms with Crippen molar-refractivity contribution in [3.05, 3.63) is 12.2 Å². The average molecular weight is 268 g/mol. The summed E-state index contributed by atoms with van der Waals surface area (Å²) in [6.45, 7) is 4.48. The second kappa shape index (κ2) is 15.8. The SMILES string of the molecule is CCCCC/C=C/C(O)CCCCCCCCCC. The van der Waals surface area contributed by atoms with Gasteiger partial charge in [-0.05, 0) is 19.3 Å². The molecule has 0 radical (unpaired) electrons. The van der Waals surface area contributed by atoms with Crippen LogP contribution in [0.2, 0.25) is 0 Å². The normalized spacial score (nSPS) is 13.2. The zero-order valence-corrected chi connectivity index (χ0v) is 13.4. The van der Waals surface area contributed by atoms with Crippen molar-refractivity contribution in [2.45, 2.75) is 103 Å². The van der Waals surface area contributed by atoms with Gasteiger partial charge in [-0.2, -0.15) is 0 Å². The number of hydrogen-bond donors (Lipinski definition) is 1. The summed E-state index contributed by atoms with van der Waals surface area (Å²) < 4.78 is 0. The molecule has 114 valence electrons. The highest BCUT2D eigenvalue weighted by molar-refractivity contribution is 4.88. The standard InChI is InChI=1S/C18H36O/c1-3-5-7-9-10-11-13-15-17-18(19)16-14-12-8-6-4-2/h14,16,18-19H,3-13,15,17H2,1-2H3/b16-14+. The van der Waals surface area contributed by atoms with Gasteiger partial charge in [0.15, 0.2) is 0 Å².